The molecule has 2 amide bonds. The molecule has 4 rings (SSSR count). The summed E-state index contributed by atoms with van der Waals surface area (Å²) in [7, 11) is 1.87. The first kappa shape index (κ1) is 24.6. The molecule has 2 atom stereocenters. The molecule has 182 valence electrons. The van der Waals surface area contributed by atoms with Gasteiger partial charge in [0.25, 0.3) is 5.91 Å². The van der Waals surface area contributed by atoms with Crippen LogP contribution in [0, 0.1) is 0 Å². The fourth-order valence-electron chi connectivity index (χ4n) is 5.13. The number of rotatable bonds is 2. The van der Waals surface area contributed by atoms with Gasteiger partial charge in [-0.2, -0.15) is 0 Å². The van der Waals surface area contributed by atoms with Gasteiger partial charge in [0.15, 0.2) is 0 Å². The Bertz CT molecular complexity index is 978. The maximum absolute atomic E-state index is 13.6. The lowest BCUT2D eigenvalue weighted by Gasteiger charge is -2.40. The van der Waals surface area contributed by atoms with Crippen LogP contribution in [0.15, 0.2) is 48.5 Å². The van der Waals surface area contributed by atoms with Gasteiger partial charge in [-0.05, 0) is 61.9 Å². The number of ether oxygens (including phenoxy) is 1. The number of carbonyl (C=O) groups excluding carboxylic acids is 2. The summed E-state index contributed by atoms with van der Waals surface area (Å²) in [6.45, 7) is 1.46. The van der Waals surface area contributed by atoms with Gasteiger partial charge in [0.1, 0.15) is 11.9 Å². The van der Waals surface area contributed by atoms with E-state index in [1.165, 1.54) is 0 Å². The van der Waals surface area contributed by atoms with Crippen LogP contribution in [-0.2, 0) is 11.2 Å². The predicted octanol–water partition coefficient (Wildman–Crippen LogP) is 5.75. The topological polar surface area (TPSA) is 49.9 Å². The van der Waals surface area contributed by atoms with Crippen molar-refractivity contribution < 1.29 is 14.3 Å². The van der Waals surface area contributed by atoms with E-state index in [0.717, 1.165) is 70.0 Å². The Balaban J connectivity index is 1.61. The van der Waals surface area contributed by atoms with Crippen LogP contribution in [0.2, 0.25) is 5.02 Å². The number of hydrogen-bond donors (Lipinski definition) is 0. The first-order valence-electron chi connectivity index (χ1n) is 12.6. The van der Waals surface area contributed by atoms with E-state index in [4.69, 9.17) is 16.3 Å². The molecule has 6 heteroatoms. The zero-order valence-corrected chi connectivity index (χ0v) is 20.8. The van der Waals surface area contributed by atoms with Gasteiger partial charge in [-0.3, -0.25) is 9.59 Å². The highest BCUT2D eigenvalue weighted by atomic mass is 35.5. The molecule has 1 fully saturated rings. The Labute approximate surface area is 208 Å². The number of amides is 2. The average molecular weight is 483 g/mol. The molecule has 0 N–H and O–H groups in total. The van der Waals surface area contributed by atoms with E-state index in [1.54, 1.807) is 4.90 Å². The van der Waals surface area contributed by atoms with Crippen molar-refractivity contribution in [3.63, 3.8) is 0 Å². The van der Waals surface area contributed by atoms with Gasteiger partial charge < -0.3 is 14.5 Å². The van der Waals surface area contributed by atoms with E-state index >= 15 is 0 Å². The van der Waals surface area contributed by atoms with Crippen LogP contribution in [0.5, 0.6) is 5.75 Å². The van der Waals surface area contributed by atoms with Gasteiger partial charge in [0.05, 0.1) is 18.0 Å². The molecule has 0 saturated heterocycles. The Hall–Kier alpha value is -2.53. The highest BCUT2D eigenvalue weighted by molar-refractivity contribution is 6.30. The number of carbonyl (C=O) groups is 2. The summed E-state index contributed by atoms with van der Waals surface area (Å²) in [5.41, 5.74) is 1.58. The molecular formula is C28H35ClN2O3. The Morgan fingerprint density at radius 2 is 1.65 bits per heavy atom. The highest BCUT2D eigenvalue weighted by Crippen LogP contribution is 2.31. The van der Waals surface area contributed by atoms with Crippen LogP contribution in [-0.4, -0.2) is 53.9 Å². The van der Waals surface area contributed by atoms with Crippen LogP contribution in [0.3, 0.4) is 0 Å². The molecule has 0 radical (unpaired) electrons. The first-order chi connectivity index (χ1) is 16.5. The second-order valence-electron chi connectivity index (χ2n) is 9.54. The molecule has 2 aliphatic rings. The lowest BCUT2D eigenvalue weighted by atomic mass is 9.90. The number of fused-ring (bicyclic) bond motifs is 2. The van der Waals surface area contributed by atoms with E-state index < -0.39 is 0 Å². The lowest BCUT2D eigenvalue weighted by molar-refractivity contribution is -0.136. The molecule has 0 bridgehead atoms. The van der Waals surface area contributed by atoms with Crippen molar-refractivity contribution in [1.82, 2.24) is 9.80 Å². The van der Waals surface area contributed by atoms with Crippen LogP contribution in [0.1, 0.15) is 67.3 Å². The Kier molecular flexibility index (Phi) is 8.49. The van der Waals surface area contributed by atoms with E-state index in [0.29, 0.717) is 22.8 Å². The SMILES string of the molecule is CN1CCCCCCN(C(=O)Cc2ccc(Cl)cc2)[C@@H]2CCCC[C@@H]2Oc2ccccc2C1=O. The van der Waals surface area contributed by atoms with E-state index in [1.807, 2.05) is 55.6 Å². The standard InChI is InChI=1S/C28H35ClN2O3/c1-30-18-8-2-3-9-19-31(27(32)20-21-14-16-22(29)17-15-21)24-11-5-7-13-26(24)34-25-12-6-4-10-23(25)28(30)33/h4,6,10,12,14-17,24,26H,2-3,5,7-9,11,13,18-20H2,1H3/t24-,26+/m1/s1. The van der Waals surface area contributed by atoms with Crippen molar-refractivity contribution in [1.29, 1.82) is 0 Å². The molecule has 34 heavy (non-hydrogen) atoms. The summed E-state index contributed by atoms with van der Waals surface area (Å²) in [5.74, 6) is 0.758. The fourth-order valence-corrected chi connectivity index (χ4v) is 5.25. The van der Waals surface area contributed by atoms with Gasteiger partial charge in [-0.1, -0.05) is 55.1 Å². The molecular weight excluding hydrogens is 448 g/mol. The number of hydrogen-bond acceptors (Lipinski definition) is 3. The maximum atomic E-state index is 13.6. The first-order valence-corrected chi connectivity index (χ1v) is 13.0. The molecule has 0 spiro atoms. The summed E-state index contributed by atoms with van der Waals surface area (Å²) in [5, 5.41) is 0.675. The van der Waals surface area contributed by atoms with Crippen LogP contribution in [0.25, 0.3) is 0 Å². The minimum Gasteiger partial charge on any atom is -0.487 e. The predicted molar refractivity (Wildman–Crippen MR) is 135 cm³/mol. The average Bonchev–Trinajstić information content (AvgIpc) is 2.85. The van der Waals surface area contributed by atoms with Gasteiger partial charge in [-0.25, -0.2) is 0 Å². The van der Waals surface area contributed by atoms with E-state index in [-0.39, 0.29) is 24.0 Å². The molecule has 2 aromatic carbocycles. The molecule has 1 heterocycles. The van der Waals surface area contributed by atoms with Crippen molar-refractivity contribution >= 4 is 23.4 Å². The summed E-state index contributed by atoms with van der Waals surface area (Å²) in [6, 6.07) is 15.1. The number of benzene rings is 2. The van der Waals surface area contributed by atoms with E-state index in [9.17, 15) is 9.59 Å². The van der Waals surface area contributed by atoms with Crippen molar-refractivity contribution in [2.24, 2.45) is 0 Å². The van der Waals surface area contributed by atoms with Crippen molar-refractivity contribution in [2.75, 3.05) is 20.1 Å². The van der Waals surface area contributed by atoms with Gasteiger partial charge in [-0.15, -0.1) is 0 Å². The second-order valence-corrected chi connectivity index (χ2v) is 9.97. The van der Waals surface area contributed by atoms with Crippen LogP contribution < -0.4 is 4.74 Å². The fraction of sp³-hybridized carbons (Fsp3) is 0.500. The largest absolute Gasteiger partial charge is 0.487 e. The number of halogens is 1. The molecule has 1 aliphatic heterocycles. The minimum absolute atomic E-state index is 0.00399. The number of para-hydroxylation sites is 1. The van der Waals surface area contributed by atoms with Crippen molar-refractivity contribution in [2.45, 2.75) is 69.9 Å². The van der Waals surface area contributed by atoms with Gasteiger partial charge >= 0.3 is 0 Å². The Morgan fingerprint density at radius 3 is 2.44 bits per heavy atom. The smallest absolute Gasteiger partial charge is 0.257 e. The maximum Gasteiger partial charge on any atom is 0.257 e. The lowest BCUT2D eigenvalue weighted by Crippen LogP contribution is -2.51. The summed E-state index contributed by atoms with van der Waals surface area (Å²) in [4.78, 5) is 30.6. The van der Waals surface area contributed by atoms with Crippen LogP contribution >= 0.6 is 11.6 Å². The summed E-state index contributed by atoms with van der Waals surface area (Å²) >= 11 is 6.04. The molecule has 5 nitrogen and oxygen atoms in total. The third-order valence-electron chi connectivity index (χ3n) is 7.04. The third kappa shape index (κ3) is 6.12. The zero-order chi connectivity index (χ0) is 23.9. The molecule has 0 aromatic heterocycles. The number of nitrogens with zero attached hydrogens (tertiary/aromatic N) is 2. The summed E-state index contributed by atoms with van der Waals surface area (Å²) in [6.07, 6.45) is 8.20. The molecule has 1 aliphatic carbocycles. The zero-order valence-electron chi connectivity index (χ0n) is 20.0. The normalized spacial score (nSPS) is 22.2. The van der Waals surface area contributed by atoms with Crippen molar-refractivity contribution in [3.05, 3.63) is 64.7 Å². The minimum atomic E-state index is -0.120. The quantitative estimate of drug-likeness (QED) is 0.547. The van der Waals surface area contributed by atoms with Gasteiger partial charge in [0.2, 0.25) is 5.91 Å². The summed E-state index contributed by atoms with van der Waals surface area (Å²) < 4.78 is 6.55. The van der Waals surface area contributed by atoms with Crippen LogP contribution in [0.4, 0.5) is 0 Å². The monoisotopic (exact) mass is 482 g/mol. The molecule has 2 aromatic rings. The van der Waals surface area contributed by atoms with E-state index in [2.05, 4.69) is 4.90 Å². The van der Waals surface area contributed by atoms with Gasteiger partial charge in [0, 0.05) is 25.2 Å². The highest BCUT2D eigenvalue weighted by Gasteiger charge is 2.35. The second kappa shape index (κ2) is 11.7. The molecule has 0 unspecified atom stereocenters. The Morgan fingerprint density at radius 1 is 0.941 bits per heavy atom. The third-order valence-corrected chi connectivity index (χ3v) is 7.29. The van der Waals surface area contributed by atoms with Crippen molar-refractivity contribution in [3.8, 4) is 5.75 Å². The molecule has 1 saturated carbocycles.